The van der Waals surface area contributed by atoms with Crippen molar-refractivity contribution in [2.75, 3.05) is 19.7 Å². The quantitative estimate of drug-likeness (QED) is 0.901. The summed E-state index contributed by atoms with van der Waals surface area (Å²) in [5.74, 6) is 0. The van der Waals surface area contributed by atoms with Crippen molar-refractivity contribution in [3.8, 4) is 5.69 Å². The number of morpholine rings is 1. The van der Waals surface area contributed by atoms with E-state index in [0.717, 1.165) is 37.6 Å². The molecular formula is C15H21N5O. The van der Waals surface area contributed by atoms with E-state index in [-0.39, 0.29) is 12.1 Å². The Morgan fingerprint density at radius 2 is 2.19 bits per heavy atom. The van der Waals surface area contributed by atoms with Crippen LogP contribution in [0.2, 0.25) is 0 Å². The third kappa shape index (κ3) is 3.47. The molecule has 0 aliphatic carbocycles. The first kappa shape index (κ1) is 14.2. The molecule has 2 N–H and O–H groups in total. The molecule has 1 aliphatic rings. The van der Waals surface area contributed by atoms with Crippen molar-refractivity contribution in [2.24, 2.45) is 5.73 Å². The normalized spacial score (nSPS) is 21.3. The van der Waals surface area contributed by atoms with Crippen molar-refractivity contribution in [2.45, 2.75) is 25.6 Å². The molecule has 0 radical (unpaired) electrons. The van der Waals surface area contributed by atoms with E-state index in [2.05, 4.69) is 15.1 Å². The minimum Gasteiger partial charge on any atom is -0.374 e. The Balaban J connectivity index is 1.65. The third-order valence-electron chi connectivity index (χ3n) is 3.68. The first-order valence-corrected chi connectivity index (χ1v) is 7.28. The fraction of sp³-hybridized carbons (Fsp3) is 0.467. The number of aromatic nitrogens is 3. The summed E-state index contributed by atoms with van der Waals surface area (Å²) < 4.78 is 5.67. The SMILES string of the molecule is CC(N)C1CN(Cc2cnn(-c3ccccc3)n2)CCO1. The fourth-order valence-corrected chi connectivity index (χ4v) is 2.48. The van der Waals surface area contributed by atoms with E-state index in [4.69, 9.17) is 10.5 Å². The van der Waals surface area contributed by atoms with Gasteiger partial charge in [-0.15, -0.1) is 0 Å². The van der Waals surface area contributed by atoms with E-state index >= 15 is 0 Å². The monoisotopic (exact) mass is 287 g/mol. The molecule has 2 unspecified atom stereocenters. The molecule has 1 aromatic heterocycles. The van der Waals surface area contributed by atoms with Gasteiger partial charge in [0, 0.05) is 25.7 Å². The highest BCUT2D eigenvalue weighted by Gasteiger charge is 2.23. The zero-order valence-electron chi connectivity index (χ0n) is 12.2. The van der Waals surface area contributed by atoms with E-state index in [1.807, 2.05) is 43.5 Å². The number of nitrogens with two attached hydrogens (primary N) is 1. The lowest BCUT2D eigenvalue weighted by atomic mass is 10.1. The highest BCUT2D eigenvalue weighted by atomic mass is 16.5. The summed E-state index contributed by atoms with van der Waals surface area (Å²) in [5, 5.41) is 8.87. The predicted octanol–water partition coefficient (Wildman–Crippen LogP) is 0.815. The summed E-state index contributed by atoms with van der Waals surface area (Å²) in [4.78, 5) is 3.98. The Bertz CT molecular complexity index is 568. The van der Waals surface area contributed by atoms with Crippen molar-refractivity contribution in [1.29, 1.82) is 0 Å². The van der Waals surface area contributed by atoms with Gasteiger partial charge >= 0.3 is 0 Å². The van der Waals surface area contributed by atoms with Gasteiger partial charge in [-0.25, -0.2) is 0 Å². The number of rotatable bonds is 4. The van der Waals surface area contributed by atoms with Crippen LogP contribution in [0.3, 0.4) is 0 Å². The van der Waals surface area contributed by atoms with Crippen LogP contribution in [0, 0.1) is 0 Å². The fourth-order valence-electron chi connectivity index (χ4n) is 2.48. The Morgan fingerprint density at radius 1 is 1.38 bits per heavy atom. The maximum Gasteiger partial charge on any atom is 0.0971 e. The molecule has 0 amide bonds. The Hall–Kier alpha value is -1.76. The van der Waals surface area contributed by atoms with Gasteiger partial charge in [-0.3, -0.25) is 4.90 Å². The van der Waals surface area contributed by atoms with Crippen LogP contribution >= 0.6 is 0 Å². The number of benzene rings is 1. The average Bonchev–Trinajstić information content (AvgIpc) is 2.97. The van der Waals surface area contributed by atoms with Crippen LogP contribution in [0.4, 0.5) is 0 Å². The summed E-state index contributed by atoms with van der Waals surface area (Å²) in [7, 11) is 0. The zero-order chi connectivity index (χ0) is 14.7. The van der Waals surface area contributed by atoms with Crippen LogP contribution in [-0.4, -0.2) is 51.7 Å². The molecule has 2 heterocycles. The van der Waals surface area contributed by atoms with E-state index in [1.54, 1.807) is 4.80 Å². The zero-order valence-corrected chi connectivity index (χ0v) is 12.2. The largest absolute Gasteiger partial charge is 0.374 e. The van der Waals surface area contributed by atoms with Crippen molar-refractivity contribution < 1.29 is 4.74 Å². The summed E-state index contributed by atoms with van der Waals surface area (Å²) in [5.41, 5.74) is 7.85. The lowest BCUT2D eigenvalue weighted by Crippen LogP contribution is -2.49. The van der Waals surface area contributed by atoms with Crippen molar-refractivity contribution >= 4 is 0 Å². The van der Waals surface area contributed by atoms with Gasteiger partial charge in [-0.1, -0.05) is 18.2 Å². The van der Waals surface area contributed by atoms with Crippen molar-refractivity contribution in [1.82, 2.24) is 19.9 Å². The van der Waals surface area contributed by atoms with Crippen LogP contribution in [0.25, 0.3) is 5.69 Å². The molecule has 1 fully saturated rings. The molecule has 112 valence electrons. The molecule has 0 saturated carbocycles. The van der Waals surface area contributed by atoms with Gasteiger partial charge in [-0.2, -0.15) is 15.0 Å². The van der Waals surface area contributed by atoms with Gasteiger partial charge in [0.25, 0.3) is 0 Å². The maximum absolute atomic E-state index is 5.92. The molecular weight excluding hydrogens is 266 g/mol. The molecule has 3 rings (SSSR count). The average molecular weight is 287 g/mol. The molecule has 6 nitrogen and oxygen atoms in total. The highest BCUT2D eigenvalue weighted by Crippen LogP contribution is 2.11. The summed E-state index contributed by atoms with van der Waals surface area (Å²) >= 11 is 0. The molecule has 6 heteroatoms. The van der Waals surface area contributed by atoms with E-state index in [9.17, 15) is 0 Å². The van der Waals surface area contributed by atoms with E-state index < -0.39 is 0 Å². The van der Waals surface area contributed by atoms with Crippen molar-refractivity contribution in [3.63, 3.8) is 0 Å². The van der Waals surface area contributed by atoms with Crippen LogP contribution < -0.4 is 5.73 Å². The van der Waals surface area contributed by atoms with Crippen molar-refractivity contribution in [3.05, 3.63) is 42.2 Å². The van der Waals surface area contributed by atoms with Crippen LogP contribution in [-0.2, 0) is 11.3 Å². The lowest BCUT2D eigenvalue weighted by Gasteiger charge is -2.34. The van der Waals surface area contributed by atoms with E-state index in [0.29, 0.717) is 0 Å². The van der Waals surface area contributed by atoms with Gasteiger partial charge in [0.05, 0.1) is 30.3 Å². The minimum atomic E-state index is 0.0489. The first-order chi connectivity index (χ1) is 10.2. The lowest BCUT2D eigenvalue weighted by molar-refractivity contribution is -0.0407. The molecule has 0 spiro atoms. The number of ether oxygens (including phenoxy) is 1. The number of hydrogen-bond acceptors (Lipinski definition) is 5. The molecule has 1 aliphatic heterocycles. The van der Waals surface area contributed by atoms with E-state index in [1.165, 1.54) is 0 Å². The Morgan fingerprint density at radius 3 is 2.95 bits per heavy atom. The molecule has 0 bridgehead atoms. The van der Waals surface area contributed by atoms with Gasteiger partial charge in [-0.05, 0) is 19.1 Å². The van der Waals surface area contributed by atoms with Crippen LogP contribution in [0.1, 0.15) is 12.6 Å². The molecule has 2 aromatic rings. The Labute approximate surface area is 124 Å². The third-order valence-corrected chi connectivity index (χ3v) is 3.68. The number of nitrogens with zero attached hydrogens (tertiary/aromatic N) is 4. The highest BCUT2D eigenvalue weighted by molar-refractivity contribution is 5.28. The molecule has 1 aromatic carbocycles. The van der Waals surface area contributed by atoms with Gasteiger partial charge in [0.15, 0.2) is 0 Å². The minimum absolute atomic E-state index is 0.0489. The second-order valence-electron chi connectivity index (χ2n) is 5.46. The van der Waals surface area contributed by atoms with Gasteiger partial charge in [0.2, 0.25) is 0 Å². The maximum atomic E-state index is 5.92. The molecule has 21 heavy (non-hydrogen) atoms. The van der Waals surface area contributed by atoms with Crippen LogP contribution in [0.15, 0.2) is 36.5 Å². The smallest absolute Gasteiger partial charge is 0.0971 e. The van der Waals surface area contributed by atoms with Crippen LogP contribution in [0.5, 0.6) is 0 Å². The topological polar surface area (TPSA) is 69.2 Å². The van der Waals surface area contributed by atoms with Gasteiger partial charge < -0.3 is 10.5 Å². The summed E-state index contributed by atoms with van der Waals surface area (Å²) in [6.45, 7) is 5.23. The Kier molecular flexibility index (Phi) is 4.28. The molecule has 1 saturated heterocycles. The summed E-state index contributed by atoms with van der Waals surface area (Å²) in [6.07, 6.45) is 1.92. The van der Waals surface area contributed by atoms with Gasteiger partial charge in [0.1, 0.15) is 0 Å². The predicted molar refractivity (Wildman–Crippen MR) is 80.0 cm³/mol. The second kappa shape index (κ2) is 6.34. The number of para-hydroxylation sites is 1. The second-order valence-corrected chi connectivity index (χ2v) is 5.46. The number of hydrogen-bond donors (Lipinski definition) is 1. The summed E-state index contributed by atoms with van der Waals surface area (Å²) in [6, 6.07) is 9.97. The standard InChI is InChI=1S/C15H21N5O/c1-12(16)15-11-19(7-8-21-15)10-13-9-17-20(18-13)14-5-3-2-4-6-14/h2-6,9,12,15H,7-8,10-11,16H2,1H3. The molecule has 2 atom stereocenters. The first-order valence-electron chi connectivity index (χ1n) is 7.28.